The van der Waals surface area contributed by atoms with Gasteiger partial charge in [0.05, 0.1) is 22.1 Å². The number of pyridine rings is 2. The SMILES string of the molecule is O=C(C=C(O)C(F)(F)F)c1cccs1.O=C(C=C(O)c1cccs1)C(F)(F)F.[2H]PP.[Eu].[Eu].c1ccc(-c2ccnc3c2ccc2c(-c4ccccc4)ccnc23)cc1. The van der Waals surface area contributed by atoms with E-state index in [1.807, 2.05) is 24.5 Å². The zero-order chi connectivity index (χ0) is 41.6. The Hall–Kier alpha value is -2.09. The van der Waals surface area contributed by atoms with E-state index in [2.05, 4.69) is 91.7 Å². The number of halogens is 6. The van der Waals surface area contributed by atoms with E-state index in [0.29, 0.717) is 0 Å². The molecule has 0 bridgehead atoms. The number of alkyl halides is 6. The Labute approximate surface area is 424 Å². The van der Waals surface area contributed by atoms with E-state index in [1.54, 1.807) is 16.8 Å². The first-order valence-corrected chi connectivity index (χ1v) is 20.0. The molecule has 2 atom stereocenters. The van der Waals surface area contributed by atoms with Gasteiger partial charge in [-0.3, -0.25) is 19.6 Å². The van der Waals surface area contributed by atoms with E-state index in [4.69, 9.17) is 11.5 Å². The molecular formula is C40H30Eu2F6N2O4P2S2. The van der Waals surface area contributed by atoms with Crippen molar-refractivity contribution in [3.05, 3.63) is 160 Å². The monoisotopic (exact) mass is 1150 g/mol. The van der Waals surface area contributed by atoms with Crippen LogP contribution in [0.3, 0.4) is 0 Å². The first kappa shape index (κ1) is 50.3. The van der Waals surface area contributed by atoms with Crippen LogP contribution in [0.4, 0.5) is 26.3 Å². The van der Waals surface area contributed by atoms with Gasteiger partial charge >= 0.3 is 12.4 Å². The molecule has 18 heteroatoms. The maximum atomic E-state index is 11.8. The number of carbonyl (C=O) groups is 2. The number of hydrogen-bond acceptors (Lipinski definition) is 8. The number of hydrogen-bond donors (Lipinski definition) is 2. The summed E-state index contributed by atoms with van der Waals surface area (Å²) in [5, 5.41) is 23.0. The summed E-state index contributed by atoms with van der Waals surface area (Å²) in [5.74, 6) is -5.46. The summed E-state index contributed by atoms with van der Waals surface area (Å²) in [6.45, 7) is 0. The first-order valence-electron chi connectivity index (χ1n) is 16.4. The standard InChI is InChI=1S/C24H16N2.2C8H5F3O2S.2Eu.H4P2/c1-3-7-17(8-4-1)19-13-15-25-23-21(19)11-12-22-20(14-16-26-24(22)23)18-9-5-2-6-10-18;2*9-8(10,11)7(13)4-5(12)6-2-1-3-14-6;;;1-2/h1-16H;1-4,13H;1-4,12H;;;1-2H2/i;;;;;1D. The molecule has 2 radical (unpaired) electrons. The van der Waals surface area contributed by atoms with Crippen molar-refractivity contribution in [2.45, 2.75) is 12.4 Å². The summed E-state index contributed by atoms with van der Waals surface area (Å²) in [5.41, 5.74) is 6.65. The van der Waals surface area contributed by atoms with Crippen LogP contribution in [0.2, 0.25) is 0 Å². The number of ketones is 2. The molecule has 3 aromatic carbocycles. The molecule has 7 aromatic rings. The normalized spacial score (nSPS) is 11.7. The van der Waals surface area contributed by atoms with Gasteiger partial charge < -0.3 is 10.2 Å². The van der Waals surface area contributed by atoms with Crippen molar-refractivity contribution in [1.82, 2.24) is 9.97 Å². The minimum Gasteiger partial charge on any atom is -0.506 e. The molecular weight excluding hydrogens is 1120 g/mol. The van der Waals surface area contributed by atoms with Crippen molar-refractivity contribution >= 4 is 79.6 Å². The first-order chi connectivity index (χ1) is 27.1. The second-order valence-electron chi connectivity index (χ2n) is 11.0. The molecule has 0 amide bonds. The van der Waals surface area contributed by atoms with Crippen molar-refractivity contribution in [2.75, 3.05) is 0 Å². The van der Waals surface area contributed by atoms with Crippen molar-refractivity contribution in [2.24, 2.45) is 0 Å². The summed E-state index contributed by atoms with van der Waals surface area (Å²) in [7, 11) is 2.52. The number of aromatic nitrogens is 2. The minimum absolute atomic E-state index is 0. The van der Waals surface area contributed by atoms with Crippen LogP contribution >= 0.6 is 40.5 Å². The molecule has 0 saturated heterocycles. The molecule has 58 heavy (non-hydrogen) atoms. The van der Waals surface area contributed by atoms with Crippen LogP contribution in [0.1, 0.15) is 14.5 Å². The Balaban J connectivity index is 0.000000313. The third-order valence-corrected chi connectivity index (χ3v) is 9.21. The molecule has 0 aliphatic carbocycles. The smallest absolute Gasteiger partial charge is 0.454 e. The van der Waals surface area contributed by atoms with Gasteiger partial charge in [-0.1, -0.05) is 84.9 Å². The zero-order valence-corrected chi connectivity index (χ0v) is 38.0. The molecule has 0 aliphatic heterocycles. The van der Waals surface area contributed by atoms with Gasteiger partial charge in [0.1, 0.15) is 5.76 Å². The van der Waals surface area contributed by atoms with Gasteiger partial charge in [-0.2, -0.15) is 26.3 Å². The molecule has 0 aliphatic rings. The second-order valence-corrected chi connectivity index (χ2v) is 12.9. The number of thiophene rings is 2. The number of fused-ring (bicyclic) bond motifs is 3. The fraction of sp³-hybridized carbons (Fsp3) is 0.0500. The van der Waals surface area contributed by atoms with E-state index in [1.165, 1.54) is 40.5 Å². The van der Waals surface area contributed by atoms with Gasteiger partial charge in [0.2, 0.25) is 5.76 Å². The van der Waals surface area contributed by atoms with Gasteiger partial charge in [-0.05, 0) is 57.3 Å². The number of benzene rings is 3. The van der Waals surface area contributed by atoms with Crippen molar-refractivity contribution in [1.29, 1.82) is 1.28 Å². The fourth-order valence-corrected chi connectivity index (χ4v) is 6.24. The predicted octanol–water partition coefficient (Wildman–Crippen LogP) is 12.5. The molecule has 6 nitrogen and oxygen atoms in total. The minimum atomic E-state index is -4.94. The maximum absolute atomic E-state index is 11.8. The molecule has 4 heterocycles. The largest absolute Gasteiger partial charge is 0.506 e. The third kappa shape index (κ3) is 14.8. The number of carbonyl (C=O) groups excluding carboxylic acids is 2. The Kier molecular flexibility index (Phi) is 21.7. The Morgan fingerprint density at radius 1 is 0.621 bits per heavy atom. The number of rotatable bonds is 6. The molecule has 0 fully saturated rings. The Bertz CT molecular complexity index is 2360. The van der Waals surface area contributed by atoms with E-state index in [-0.39, 0.29) is 130 Å². The predicted molar refractivity (Wildman–Crippen MR) is 219 cm³/mol. The zero-order valence-electron chi connectivity index (χ0n) is 30.4. The quantitative estimate of drug-likeness (QED) is 0.0430. The number of nitrogens with zero attached hydrogens (tertiary/aromatic N) is 2. The third-order valence-electron chi connectivity index (χ3n) is 7.43. The van der Waals surface area contributed by atoms with Crippen LogP contribution in [0, 0.1) is 98.8 Å². The summed E-state index contributed by atoms with van der Waals surface area (Å²) in [6, 6.07) is 35.2. The van der Waals surface area contributed by atoms with Crippen molar-refractivity contribution < 1.29 is 145 Å². The van der Waals surface area contributed by atoms with Crippen LogP contribution in [0.5, 0.6) is 0 Å². The van der Waals surface area contributed by atoms with Crippen LogP contribution < -0.4 is 0 Å². The Morgan fingerprint density at radius 3 is 1.43 bits per heavy atom. The van der Waals surface area contributed by atoms with Crippen LogP contribution in [0.25, 0.3) is 49.8 Å². The van der Waals surface area contributed by atoms with Crippen molar-refractivity contribution in [3.63, 3.8) is 0 Å². The van der Waals surface area contributed by atoms with Crippen molar-refractivity contribution in [3.8, 4) is 22.3 Å². The average molecular weight is 1150 g/mol. The fourth-order valence-electron chi connectivity index (χ4n) is 4.96. The second kappa shape index (κ2) is 25.0. The number of aliphatic hydroxyl groups excluding tert-OH is 2. The van der Waals surface area contributed by atoms with E-state index in [0.717, 1.165) is 44.5 Å². The number of aliphatic hydroxyl groups is 2. The van der Waals surface area contributed by atoms with Crippen LogP contribution in [-0.4, -0.2) is 45.4 Å². The van der Waals surface area contributed by atoms with Gasteiger partial charge in [-0.25, -0.2) is 0 Å². The topological polar surface area (TPSA) is 100 Å². The van der Waals surface area contributed by atoms with Gasteiger partial charge in [0, 0.05) is 134 Å². The molecule has 302 valence electrons. The molecule has 2 N–H and O–H groups in total. The molecule has 0 saturated carbocycles. The van der Waals surface area contributed by atoms with E-state index in [9.17, 15) is 35.9 Å². The summed E-state index contributed by atoms with van der Waals surface area (Å²) >= 11 is 2.06. The summed E-state index contributed by atoms with van der Waals surface area (Å²) in [4.78, 5) is 31.2. The van der Waals surface area contributed by atoms with Gasteiger partial charge in [0.15, 0.2) is 5.78 Å². The average Bonchev–Trinajstić information content (AvgIpc) is 3.95. The molecule has 4 aromatic heterocycles. The number of allylic oxidation sites excluding steroid dienone is 3. The Morgan fingerprint density at radius 2 is 1.05 bits per heavy atom. The maximum Gasteiger partial charge on any atom is 0.454 e. The van der Waals surface area contributed by atoms with Crippen LogP contribution in [-0.2, 0) is 4.79 Å². The summed E-state index contributed by atoms with van der Waals surface area (Å²) < 4.78 is 76.8. The van der Waals surface area contributed by atoms with Gasteiger partial charge in [-0.15, -0.1) is 40.5 Å². The van der Waals surface area contributed by atoms with E-state index >= 15 is 0 Å². The van der Waals surface area contributed by atoms with Gasteiger partial charge in [0.25, 0.3) is 5.78 Å². The molecule has 7 rings (SSSR count). The van der Waals surface area contributed by atoms with E-state index < -0.39 is 35.4 Å². The molecule has 0 spiro atoms. The summed E-state index contributed by atoms with van der Waals surface area (Å²) in [6.07, 6.45) is -5.71. The van der Waals surface area contributed by atoms with Crippen LogP contribution in [0.15, 0.2) is 150 Å². The molecule has 2 unspecified atom stereocenters.